The number of nitrogens with zero attached hydrogens (tertiary/aromatic N) is 1. The lowest BCUT2D eigenvalue weighted by Gasteiger charge is -2.15. The molecular formula is C14H24N2O2. The van der Waals surface area contributed by atoms with E-state index in [1.54, 1.807) is 0 Å². The minimum Gasteiger partial charge on any atom is -0.465 e. The standard InChI is InChI=1S/C14H24N2O2/c1-11-12(8-14(18-11)9-15-2)10-17-7-6-16(3)13-4-5-13/h8,13,15H,4-7,9-10H2,1-3H3. The first-order valence-electron chi connectivity index (χ1n) is 6.71. The second-order valence-electron chi connectivity index (χ2n) is 5.09. The molecule has 102 valence electrons. The molecule has 0 unspecified atom stereocenters. The average Bonchev–Trinajstić information content (AvgIpc) is 3.12. The second kappa shape index (κ2) is 6.36. The Morgan fingerprint density at radius 2 is 2.28 bits per heavy atom. The van der Waals surface area contributed by atoms with Gasteiger partial charge in [0, 0.05) is 18.2 Å². The van der Waals surface area contributed by atoms with Crippen LogP contribution in [0, 0.1) is 6.92 Å². The van der Waals surface area contributed by atoms with Gasteiger partial charge in [0.15, 0.2) is 0 Å². The van der Waals surface area contributed by atoms with Gasteiger partial charge in [0.2, 0.25) is 0 Å². The lowest BCUT2D eigenvalue weighted by Crippen LogP contribution is -2.25. The molecule has 0 spiro atoms. The first-order chi connectivity index (χ1) is 8.70. The van der Waals surface area contributed by atoms with Crippen molar-refractivity contribution in [3.63, 3.8) is 0 Å². The summed E-state index contributed by atoms with van der Waals surface area (Å²) in [6.45, 7) is 5.22. The summed E-state index contributed by atoms with van der Waals surface area (Å²) in [7, 11) is 4.09. The van der Waals surface area contributed by atoms with Crippen molar-refractivity contribution in [2.45, 2.75) is 39.0 Å². The summed E-state index contributed by atoms with van der Waals surface area (Å²) >= 11 is 0. The summed E-state index contributed by atoms with van der Waals surface area (Å²) in [6, 6.07) is 2.89. The van der Waals surface area contributed by atoms with Gasteiger partial charge < -0.3 is 19.4 Å². The van der Waals surface area contributed by atoms with E-state index in [0.29, 0.717) is 6.61 Å². The van der Waals surface area contributed by atoms with Gasteiger partial charge in [-0.1, -0.05) is 0 Å². The molecule has 1 fully saturated rings. The maximum atomic E-state index is 5.72. The van der Waals surface area contributed by atoms with Crippen molar-refractivity contribution in [3.05, 3.63) is 23.2 Å². The van der Waals surface area contributed by atoms with Gasteiger partial charge in [0.1, 0.15) is 11.5 Å². The Bertz CT molecular complexity index is 372. The topological polar surface area (TPSA) is 37.6 Å². The third-order valence-electron chi connectivity index (χ3n) is 3.44. The van der Waals surface area contributed by atoms with E-state index in [1.165, 1.54) is 12.8 Å². The Hall–Kier alpha value is -0.840. The van der Waals surface area contributed by atoms with E-state index < -0.39 is 0 Å². The Balaban J connectivity index is 1.68. The van der Waals surface area contributed by atoms with Crippen LogP contribution in [-0.2, 0) is 17.9 Å². The monoisotopic (exact) mass is 252 g/mol. The summed E-state index contributed by atoms with van der Waals surface area (Å²) in [5, 5.41) is 3.08. The molecule has 1 aliphatic rings. The smallest absolute Gasteiger partial charge is 0.118 e. The Labute approximate surface area is 109 Å². The molecular weight excluding hydrogens is 228 g/mol. The van der Waals surface area contributed by atoms with Gasteiger partial charge in [-0.15, -0.1) is 0 Å². The molecule has 0 amide bonds. The fourth-order valence-corrected chi connectivity index (χ4v) is 2.08. The van der Waals surface area contributed by atoms with Crippen LogP contribution in [0.2, 0.25) is 0 Å². The SMILES string of the molecule is CNCc1cc(COCCN(C)C2CC2)c(C)o1. The van der Waals surface area contributed by atoms with E-state index in [9.17, 15) is 0 Å². The zero-order valence-electron chi connectivity index (χ0n) is 11.7. The van der Waals surface area contributed by atoms with Gasteiger partial charge >= 0.3 is 0 Å². The molecule has 1 heterocycles. The Morgan fingerprint density at radius 3 is 2.94 bits per heavy atom. The molecule has 0 aliphatic heterocycles. The van der Waals surface area contributed by atoms with Crippen molar-refractivity contribution in [2.75, 3.05) is 27.2 Å². The van der Waals surface area contributed by atoms with Crippen molar-refractivity contribution in [1.82, 2.24) is 10.2 Å². The minimum atomic E-state index is 0.650. The highest BCUT2D eigenvalue weighted by molar-refractivity contribution is 5.19. The summed E-state index contributed by atoms with van der Waals surface area (Å²) in [5.41, 5.74) is 1.16. The van der Waals surface area contributed by atoms with Crippen molar-refractivity contribution < 1.29 is 9.15 Å². The fraction of sp³-hybridized carbons (Fsp3) is 0.714. The highest BCUT2D eigenvalue weighted by atomic mass is 16.5. The van der Waals surface area contributed by atoms with Crippen LogP contribution >= 0.6 is 0 Å². The molecule has 4 heteroatoms. The molecule has 1 aromatic heterocycles. The van der Waals surface area contributed by atoms with Crippen LogP contribution in [0.1, 0.15) is 29.9 Å². The lowest BCUT2D eigenvalue weighted by molar-refractivity contribution is 0.0971. The molecule has 1 aliphatic carbocycles. The highest BCUT2D eigenvalue weighted by Crippen LogP contribution is 2.24. The van der Waals surface area contributed by atoms with E-state index >= 15 is 0 Å². The average molecular weight is 252 g/mol. The van der Waals surface area contributed by atoms with Crippen LogP contribution < -0.4 is 5.32 Å². The number of hydrogen-bond donors (Lipinski definition) is 1. The largest absolute Gasteiger partial charge is 0.465 e. The normalized spacial score (nSPS) is 15.6. The maximum Gasteiger partial charge on any atom is 0.118 e. The predicted octanol–water partition coefficient (Wildman–Crippen LogP) is 1.92. The first-order valence-corrected chi connectivity index (χ1v) is 6.71. The second-order valence-corrected chi connectivity index (χ2v) is 5.09. The van der Waals surface area contributed by atoms with Crippen LogP contribution in [0.4, 0.5) is 0 Å². The maximum absolute atomic E-state index is 5.72. The van der Waals surface area contributed by atoms with E-state index in [-0.39, 0.29) is 0 Å². The van der Waals surface area contributed by atoms with Crippen molar-refractivity contribution >= 4 is 0 Å². The van der Waals surface area contributed by atoms with Gasteiger partial charge in [-0.3, -0.25) is 0 Å². The summed E-state index contributed by atoms with van der Waals surface area (Å²) < 4.78 is 11.3. The van der Waals surface area contributed by atoms with E-state index in [1.807, 2.05) is 14.0 Å². The van der Waals surface area contributed by atoms with Crippen LogP contribution in [0.15, 0.2) is 10.5 Å². The van der Waals surface area contributed by atoms with Crippen molar-refractivity contribution in [2.24, 2.45) is 0 Å². The molecule has 18 heavy (non-hydrogen) atoms. The zero-order valence-corrected chi connectivity index (χ0v) is 11.7. The number of ether oxygens (including phenoxy) is 1. The van der Waals surface area contributed by atoms with E-state index in [0.717, 1.165) is 42.8 Å². The Kier molecular flexibility index (Phi) is 4.80. The summed E-state index contributed by atoms with van der Waals surface area (Å²) in [4.78, 5) is 2.38. The number of furan rings is 1. The number of rotatable bonds is 8. The van der Waals surface area contributed by atoms with Crippen molar-refractivity contribution in [3.8, 4) is 0 Å². The third-order valence-corrected chi connectivity index (χ3v) is 3.44. The van der Waals surface area contributed by atoms with E-state index in [4.69, 9.17) is 9.15 Å². The number of hydrogen-bond acceptors (Lipinski definition) is 4. The van der Waals surface area contributed by atoms with E-state index in [2.05, 4.69) is 23.3 Å². The number of likely N-dealkylation sites (N-methyl/N-ethyl adjacent to an activating group) is 1. The minimum absolute atomic E-state index is 0.650. The summed E-state index contributed by atoms with van der Waals surface area (Å²) in [6.07, 6.45) is 2.70. The van der Waals surface area contributed by atoms with Crippen LogP contribution in [0.5, 0.6) is 0 Å². The van der Waals surface area contributed by atoms with Crippen molar-refractivity contribution in [1.29, 1.82) is 0 Å². The molecule has 4 nitrogen and oxygen atoms in total. The number of nitrogens with one attached hydrogen (secondary N) is 1. The fourth-order valence-electron chi connectivity index (χ4n) is 2.08. The predicted molar refractivity (Wildman–Crippen MR) is 71.5 cm³/mol. The molecule has 1 N–H and O–H groups in total. The lowest BCUT2D eigenvalue weighted by atomic mass is 10.2. The quantitative estimate of drug-likeness (QED) is 0.717. The van der Waals surface area contributed by atoms with Crippen LogP contribution in [0.25, 0.3) is 0 Å². The molecule has 1 saturated carbocycles. The van der Waals surface area contributed by atoms with Gasteiger partial charge in [0.25, 0.3) is 0 Å². The molecule has 0 aromatic carbocycles. The van der Waals surface area contributed by atoms with Gasteiger partial charge in [0.05, 0.1) is 19.8 Å². The van der Waals surface area contributed by atoms with Gasteiger partial charge in [-0.05, 0) is 39.9 Å². The highest BCUT2D eigenvalue weighted by Gasteiger charge is 2.25. The molecule has 0 saturated heterocycles. The zero-order chi connectivity index (χ0) is 13.0. The molecule has 0 bridgehead atoms. The van der Waals surface area contributed by atoms with Crippen LogP contribution in [0.3, 0.4) is 0 Å². The Morgan fingerprint density at radius 1 is 1.50 bits per heavy atom. The molecule has 0 radical (unpaired) electrons. The summed E-state index contributed by atoms with van der Waals surface area (Å²) in [5.74, 6) is 1.94. The molecule has 1 aromatic rings. The van der Waals surface area contributed by atoms with Crippen LogP contribution in [-0.4, -0.2) is 38.2 Å². The first kappa shape index (κ1) is 13.6. The van der Waals surface area contributed by atoms with Gasteiger partial charge in [-0.25, -0.2) is 0 Å². The number of aryl methyl sites for hydroxylation is 1. The third kappa shape index (κ3) is 3.83. The molecule has 0 atom stereocenters. The molecule has 2 rings (SSSR count). The van der Waals surface area contributed by atoms with Gasteiger partial charge in [-0.2, -0.15) is 0 Å².